The molecule has 1 aliphatic carbocycles. The third-order valence-corrected chi connectivity index (χ3v) is 4.88. The molecule has 0 spiro atoms. The molecular weight excluding hydrogens is 270 g/mol. The summed E-state index contributed by atoms with van der Waals surface area (Å²) in [6.45, 7) is 6.37. The highest BCUT2D eigenvalue weighted by Crippen LogP contribution is 2.49. The second kappa shape index (κ2) is 5.40. The van der Waals surface area contributed by atoms with Gasteiger partial charge in [-0.05, 0) is 18.8 Å². The fourth-order valence-electron chi connectivity index (χ4n) is 3.82. The Bertz CT molecular complexity index is 528. The van der Waals surface area contributed by atoms with Crippen LogP contribution in [0.25, 0.3) is 0 Å². The molecule has 2 atom stereocenters. The minimum absolute atomic E-state index is 0.0523. The largest absolute Gasteiger partial charge is 0.469 e. The Morgan fingerprint density at radius 2 is 2.38 bits per heavy atom. The topological polar surface area (TPSA) is 68.5 Å². The molecule has 0 N–H and O–H groups in total. The van der Waals surface area contributed by atoms with Gasteiger partial charge in [-0.2, -0.15) is 4.98 Å². The Hall–Kier alpha value is -1.43. The molecule has 21 heavy (non-hydrogen) atoms. The molecule has 1 saturated carbocycles. The minimum Gasteiger partial charge on any atom is -0.469 e. The first-order chi connectivity index (χ1) is 10.0. The number of fused-ring (bicyclic) bond motifs is 1. The predicted octanol–water partition coefficient (Wildman–Crippen LogP) is 1.97. The van der Waals surface area contributed by atoms with Crippen molar-refractivity contribution in [1.29, 1.82) is 0 Å². The molecule has 6 nitrogen and oxygen atoms in total. The quantitative estimate of drug-likeness (QED) is 0.791. The fourth-order valence-corrected chi connectivity index (χ4v) is 3.82. The number of hydrogen-bond donors (Lipinski definition) is 0. The molecule has 0 radical (unpaired) electrons. The first-order valence-corrected chi connectivity index (χ1v) is 7.68. The van der Waals surface area contributed by atoms with Crippen LogP contribution in [0, 0.1) is 11.3 Å². The summed E-state index contributed by atoms with van der Waals surface area (Å²) in [5.74, 6) is 1.97. The first-order valence-electron chi connectivity index (χ1n) is 7.68. The summed E-state index contributed by atoms with van der Waals surface area (Å²) in [5, 5.41) is 4.04. The Morgan fingerprint density at radius 3 is 3.05 bits per heavy atom. The zero-order valence-electron chi connectivity index (χ0n) is 13.0. The Kier molecular flexibility index (Phi) is 3.73. The van der Waals surface area contributed by atoms with Gasteiger partial charge in [0.15, 0.2) is 5.82 Å². The minimum atomic E-state index is -0.306. The highest BCUT2D eigenvalue weighted by Gasteiger charge is 2.55. The van der Waals surface area contributed by atoms with Crippen molar-refractivity contribution in [3.8, 4) is 0 Å². The van der Waals surface area contributed by atoms with Crippen LogP contribution in [0.15, 0.2) is 4.52 Å². The number of carbonyl (C=O) groups is 1. The van der Waals surface area contributed by atoms with Gasteiger partial charge in [0.2, 0.25) is 5.89 Å². The molecule has 0 amide bonds. The second-order valence-corrected chi connectivity index (χ2v) is 6.61. The normalized spacial score (nSPS) is 29.0. The van der Waals surface area contributed by atoms with E-state index in [-0.39, 0.29) is 17.3 Å². The molecule has 2 fully saturated rings. The molecule has 1 aromatic heterocycles. The van der Waals surface area contributed by atoms with Crippen LogP contribution in [0.5, 0.6) is 0 Å². The molecule has 1 aromatic rings. The van der Waals surface area contributed by atoms with Crippen LogP contribution in [0.3, 0.4) is 0 Å². The van der Waals surface area contributed by atoms with Crippen molar-refractivity contribution >= 4 is 5.97 Å². The SMILES string of the molecule is COC(=O)[C@@]12CCC[C@@H]1CN(Cc1noc(C(C)C)n1)C2. The van der Waals surface area contributed by atoms with Crippen molar-refractivity contribution < 1.29 is 14.1 Å². The van der Waals surface area contributed by atoms with E-state index in [1.54, 1.807) is 0 Å². The van der Waals surface area contributed by atoms with Gasteiger partial charge in [0.05, 0.1) is 19.1 Å². The van der Waals surface area contributed by atoms with Crippen LogP contribution >= 0.6 is 0 Å². The van der Waals surface area contributed by atoms with E-state index < -0.39 is 0 Å². The summed E-state index contributed by atoms with van der Waals surface area (Å²) in [6, 6.07) is 0. The molecule has 1 saturated heterocycles. The van der Waals surface area contributed by atoms with E-state index in [2.05, 4.69) is 15.0 Å². The third-order valence-electron chi connectivity index (χ3n) is 4.88. The molecular formula is C15H23N3O3. The summed E-state index contributed by atoms with van der Waals surface area (Å²) < 4.78 is 10.3. The number of rotatable bonds is 4. The van der Waals surface area contributed by atoms with E-state index in [1.807, 2.05) is 13.8 Å². The van der Waals surface area contributed by atoms with Gasteiger partial charge >= 0.3 is 5.97 Å². The van der Waals surface area contributed by atoms with E-state index in [0.717, 1.165) is 32.4 Å². The van der Waals surface area contributed by atoms with Gasteiger partial charge in [0.25, 0.3) is 0 Å². The van der Waals surface area contributed by atoms with Gasteiger partial charge in [-0.15, -0.1) is 0 Å². The number of ether oxygens (including phenoxy) is 1. The predicted molar refractivity (Wildman–Crippen MR) is 75.5 cm³/mol. The van der Waals surface area contributed by atoms with Crippen LogP contribution in [0.1, 0.15) is 50.7 Å². The number of methoxy groups -OCH3 is 1. The van der Waals surface area contributed by atoms with Gasteiger partial charge in [-0.1, -0.05) is 25.4 Å². The van der Waals surface area contributed by atoms with E-state index in [0.29, 0.717) is 24.2 Å². The molecule has 1 aliphatic heterocycles. The fraction of sp³-hybridized carbons (Fsp3) is 0.800. The Labute approximate surface area is 124 Å². The zero-order valence-corrected chi connectivity index (χ0v) is 13.0. The number of aromatic nitrogens is 2. The molecule has 0 unspecified atom stereocenters. The molecule has 6 heteroatoms. The van der Waals surface area contributed by atoms with E-state index >= 15 is 0 Å². The molecule has 116 valence electrons. The maximum absolute atomic E-state index is 12.2. The summed E-state index contributed by atoms with van der Waals surface area (Å²) >= 11 is 0. The van der Waals surface area contributed by atoms with Crippen LogP contribution < -0.4 is 0 Å². The number of esters is 1. The van der Waals surface area contributed by atoms with E-state index in [1.165, 1.54) is 7.11 Å². The lowest BCUT2D eigenvalue weighted by molar-refractivity contribution is -0.153. The van der Waals surface area contributed by atoms with Gasteiger partial charge in [-0.25, -0.2) is 0 Å². The number of carbonyl (C=O) groups excluding carboxylic acids is 1. The molecule has 0 bridgehead atoms. The maximum Gasteiger partial charge on any atom is 0.313 e. The van der Waals surface area contributed by atoms with Crippen LogP contribution in [-0.4, -0.2) is 41.2 Å². The lowest BCUT2D eigenvalue weighted by atomic mass is 9.81. The van der Waals surface area contributed by atoms with Gasteiger partial charge < -0.3 is 9.26 Å². The average Bonchev–Trinajstić information content (AvgIpc) is 3.11. The third kappa shape index (κ3) is 2.46. The summed E-state index contributed by atoms with van der Waals surface area (Å²) in [4.78, 5) is 18.9. The van der Waals surface area contributed by atoms with Gasteiger partial charge in [0.1, 0.15) is 0 Å². The number of likely N-dealkylation sites (tertiary alicyclic amines) is 1. The number of hydrogen-bond acceptors (Lipinski definition) is 6. The molecule has 2 heterocycles. The van der Waals surface area contributed by atoms with E-state index in [9.17, 15) is 4.79 Å². The van der Waals surface area contributed by atoms with Crippen molar-refractivity contribution in [1.82, 2.24) is 15.0 Å². The molecule has 2 aliphatic rings. The van der Waals surface area contributed by atoms with E-state index in [4.69, 9.17) is 9.26 Å². The number of nitrogens with zero attached hydrogens (tertiary/aromatic N) is 3. The Balaban J connectivity index is 1.70. The highest BCUT2D eigenvalue weighted by atomic mass is 16.5. The lowest BCUT2D eigenvalue weighted by Crippen LogP contribution is -2.36. The maximum atomic E-state index is 12.2. The van der Waals surface area contributed by atoms with Crippen LogP contribution in [0.2, 0.25) is 0 Å². The molecule has 0 aromatic carbocycles. The van der Waals surface area contributed by atoms with Crippen molar-refractivity contribution in [2.45, 2.75) is 45.6 Å². The van der Waals surface area contributed by atoms with Crippen LogP contribution in [0.4, 0.5) is 0 Å². The van der Waals surface area contributed by atoms with Crippen molar-refractivity contribution in [3.05, 3.63) is 11.7 Å². The van der Waals surface area contributed by atoms with Gasteiger partial charge in [0, 0.05) is 19.0 Å². The lowest BCUT2D eigenvalue weighted by Gasteiger charge is -2.25. The second-order valence-electron chi connectivity index (χ2n) is 6.61. The Morgan fingerprint density at radius 1 is 1.57 bits per heavy atom. The average molecular weight is 293 g/mol. The van der Waals surface area contributed by atoms with Crippen molar-refractivity contribution in [2.24, 2.45) is 11.3 Å². The summed E-state index contributed by atoms with van der Waals surface area (Å²) in [7, 11) is 1.49. The van der Waals surface area contributed by atoms with Gasteiger partial charge in [-0.3, -0.25) is 9.69 Å². The standard InChI is InChI=1S/C15H23N3O3/c1-10(2)13-16-12(17-21-13)8-18-7-11-5-4-6-15(11,9-18)14(19)20-3/h10-11H,4-9H2,1-3H3/t11-,15-/m1/s1. The van der Waals surface area contributed by atoms with Crippen molar-refractivity contribution in [2.75, 3.05) is 20.2 Å². The summed E-state index contributed by atoms with van der Waals surface area (Å²) in [6.07, 6.45) is 3.16. The van der Waals surface area contributed by atoms with Crippen LogP contribution in [-0.2, 0) is 16.1 Å². The summed E-state index contributed by atoms with van der Waals surface area (Å²) in [5.41, 5.74) is -0.306. The highest BCUT2D eigenvalue weighted by molar-refractivity contribution is 5.78. The smallest absolute Gasteiger partial charge is 0.313 e. The zero-order chi connectivity index (χ0) is 15.0. The monoisotopic (exact) mass is 293 g/mol. The first kappa shape index (κ1) is 14.5. The van der Waals surface area contributed by atoms with Crippen molar-refractivity contribution in [3.63, 3.8) is 0 Å². The molecule has 3 rings (SSSR count).